The highest BCUT2D eigenvalue weighted by Crippen LogP contribution is 2.30. The molecule has 1 aromatic heterocycles. The fourth-order valence-electron chi connectivity index (χ4n) is 3.81. The molecule has 0 aliphatic heterocycles. The van der Waals surface area contributed by atoms with Gasteiger partial charge < -0.3 is 14.5 Å². The number of halogens is 1. The maximum absolute atomic E-state index is 13.9. The number of rotatable bonds is 6. The number of furan rings is 1. The smallest absolute Gasteiger partial charge is 0.291 e. The number of carbonyl (C=O) groups is 2. The summed E-state index contributed by atoms with van der Waals surface area (Å²) in [5, 5.41) is 7.06. The summed E-state index contributed by atoms with van der Waals surface area (Å²) in [5.74, 6) is -0.0627. The number of ether oxygens (including phenoxy) is 1. The lowest BCUT2D eigenvalue weighted by molar-refractivity contribution is 0.0949. The molecule has 0 radical (unpaired) electrons. The van der Waals surface area contributed by atoms with Crippen LogP contribution in [-0.4, -0.2) is 24.1 Å². The van der Waals surface area contributed by atoms with Gasteiger partial charge in [-0.25, -0.2) is 9.82 Å². The zero-order valence-electron chi connectivity index (χ0n) is 18.4. The van der Waals surface area contributed by atoms with Gasteiger partial charge in [0.2, 0.25) is 0 Å². The number of hydrazone groups is 1. The van der Waals surface area contributed by atoms with Crippen molar-refractivity contribution in [3.8, 4) is 5.75 Å². The molecular weight excluding hydrogens is 425 g/mol. The third-order valence-corrected chi connectivity index (χ3v) is 5.37. The van der Waals surface area contributed by atoms with Crippen molar-refractivity contribution < 1.29 is 23.1 Å². The summed E-state index contributed by atoms with van der Waals surface area (Å²) in [7, 11) is 0. The molecule has 0 fully saturated rings. The molecule has 0 bridgehead atoms. The molecule has 7 nitrogen and oxygen atoms in total. The van der Waals surface area contributed by atoms with Crippen LogP contribution in [0.1, 0.15) is 57.6 Å². The van der Waals surface area contributed by atoms with E-state index in [0.29, 0.717) is 47.7 Å². The van der Waals surface area contributed by atoms with Crippen LogP contribution in [0.5, 0.6) is 5.75 Å². The van der Waals surface area contributed by atoms with Crippen LogP contribution >= 0.6 is 0 Å². The molecule has 1 aliphatic carbocycles. The predicted octanol–water partition coefficient (Wildman–Crippen LogP) is 4.85. The SMILES string of the molecule is CCOc1ccc(NC(=O)c2oc3c(c2C)/C(=N/NC(=O)c2ccccc2F)CCC3)cc1. The van der Waals surface area contributed by atoms with Gasteiger partial charge in [0.15, 0.2) is 5.76 Å². The molecule has 1 heterocycles. The lowest BCUT2D eigenvalue weighted by Crippen LogP contribution is -2.23. The summed E-state index contributed by atoms with van der Waals surface area (Å²) in [6.45, 7) is 4.25. The predicted molar refractivity (Wildman–Crippen MR) is 122 cm³/mol. The average Bonchev–Trinajstić information content (AvgIpc) is 3.16. The number of anilines is 1. The molecule has 4 rings (SSSR count). The van der Waals surface area contributed by atoms with Crippen LogP contribution < -0.4 is 15.5 Å². The Morgan fingerprint density at radius 2 is 1.85 bits per heavy atom. The lowest BCUT2D eigenvalue weighted by atomic mass is 9.93. The molecule has 8 heteroatoms. The maximum Gasteiger partial charge on any atom is 0.291 e. The van der Waals surface area contributed by atoms with Gasteiger partial charge in [-0.3, -0.25) is 9.59 Å². The summed E-state index contributed by atoms with van der Waals surface area (Å²) in [4.78, 5) is 25.2. The van der Waals surface area contributed by atoms with Crippen molar-refractivity contribution in [2.24, 2.45) is 5.10 Å². The first-order valence-corrected chi connectivity index (χ1v) is 10.8. The van der Waals surface area contributed by atoms with Gasteiger partial charge in [0, 0.05) is 23.2 Å². The lowest BCUT2D eigenvalue weighted by Gasteiger charge is -2.13. The molecule has 2 amide bonds. The second-order valence-electron chi connectivity index (χ2n) is 7.60. The molecule has 170 valence electrons. The van der Waals surface area contributed by atoms with Crippen LogP contribution in [0.4, 0.5) is 10.1 Å². The zero-order valence-corrected chi connectivity index (χ0v) is 18.4. The van der Waals surface area contributed by atoms with E-state index in [-0.39, 0.29) is 17.2 Å². The van der Waals surface area contributed by atoms with Crippen molar-refractivity contribution >= 4 is 23.2 Å². The van der Waals surface area contributed by atoms with E-state index in [0.717, 1.165) is 12.2 Å². The Hall–Kier alpha value is -3.94. The fraction of sp³-hybridized carbons (Fsp3) is 0.240. The van der Waals surface area contributed by atoms with Gasteiger partial charge in [-0.15, -0.1) is 0 Å². The Morgan fingerprint density at radius 1 is 1.09 bits per heavy atom. The maximum atomic E-state index is 13.9. The highest BCUT2D eigenvalue weighted by Gasteiger charge is 2.28. The Morgan fingerprint density at radius 3 is 2.58 bits per heavy atom. The standard InChI is InChI=1S/C25H24FN3O4/c1-3-32-17-13-11-16(12-14-17)27-25(31)23-15(2)22-20(9-6-10-21(22)33-23)28-29-24(30)18-7-4-5-8-19(18)26/h4-5,7-8,11-14H,3,6,9-10H2,1-2H3,(H,27,31)(H,29,30)/b28-20+. The third-order valence-electron chi connectivity index (χ3n) is 5.37. The van der Waals surface area contributed by atoms with Crippen molar-refractivity contribution in [2.45, 2.75) is 33.1 Å². The van der Waals surface area contributed by atoms with E-state index in [2.05, 4.69) is 15.8 Å². The summed E-state index contributed by atoms with van der Waals surface area (Å²) in [5.41, 5.74) is 4.91. The fourth-order valence-corrected chi connectivity index (χ4v) is 3.81. The molecule has 3 aromatic rings. The average molecular weight is 449 g/mol. The van der Waals surface area contributed by atoms with E-state index in [1.54, 1.807) is 37.3 Å². The van der Waals surface area contributed by atoms with Gasteiger partial charge >= 0.3 is 0 Å². The topological polar surface area (TPSA) is 92.9 Å². The van der Waals surface area contributed by atoms with Crippen molar-refractivity contribution in [3.05, 3.63) is 82.6 Å². The van der Waals surface area contributed by atoms with Crippen molar-refractivity contribution in [3.63, 3.8) is 0 Å². The van der Waals surface area contributed by atoms with E-state index in [1.165, 1.54) is 18.2 Å². The summed E-state index contributed by atoms with van der Waals surface area (Å²) >= 11 is 0. The first-order chi connectivity index (χ1) is 16.0. The molecule has 33 heavy (non-hydrogen) atoms. The zero-order chi connectivity index (χ0) is 23.4. The van der Waals surface area contributed by atoms with Gasteiger partial charge in [-0.2, -0.15) is 5.10 Å². The number of fused-ring (bicyclic) bond motifs is 1. The van der Waals surface area contributed by atoms with E-state index in [1.807, 2.05) is 6.92 Å². The number of benzene rings is 2. The summed E-state index contributed by atoms with van der Waals surface area (Å²) in [6, 6.07) is 12.8. The minimum absolute atomic E-state index is 0.0859. The molecule has 0 saturated carbocycles. The minimum atomic E-state index is -0.637. The van der Waals surface area contributed by atoms with E-state index >= 15 is 0 Å². The Labute approximate surface area is 190 Å². The van der Waals surface area contributed by atoms with Crippen molar-refractivity contribution in [2.75, 3.05) is 11.9 Å². The second kappa shape index (κ2) is 9.68. The number of nitrogens with zero attached hydrogens (tertiary/aromatic N) is 1. The minimum Gasteiger partial charge on any atom is -0.494 e. The number of aryl methyl sites for hydroxylation is 1. The van der Waals surface area contributed by atoms with Crippen LogP contribution in [0.15, 0.2) is 58.0 Å². The van der Waals surface area contributed by atoms with Crippen LogP contribution in [-0.2, 0) is 6.42 Å². The highest BCUT2D eigenvalue weighted by atomic mass is 19.1. The number of hydrogen-bond acceptors (Lipinski definition) is 5. The van der Waals surface area contributed by atoms with Crippen LogP contribution in [0.3, 0.4) is 0 Å². The number of carbonyl (C=O) groups excluding carboxylic acids is 2. The molecule has 0 spiro atoms. The van der Waals surface area contributed by atoms with Crippen LogP contribution in [0, 0.1) is 12.7 Å². The molecule has 0 unspecified atom stereocenters. The molecule has 1 aliphatic rings. The van der Waals surface area contributed by atoms with Gasteiger partial charge in [0.05, 0.1) is 17.9 Å². The van der Waals surface area contributed by atoms with Crippen LogP contribution in [0.2, 0.25) is 0 Å². The number of nitrogens with one attached hydrogen (secondary N) is 2. The van der Waals surface area contributed by atoms with Gasteiger partial charge in [-0.05, 0) is 63.1 Å². The largest absolute Gasteiger partial charge is 0.494 e. The quantitative estimate of drug-likeness (QED) is 0.526. The Kier molecular flexibility index (Phi) is 6.53. The van der Waals surface area contributed by atoms with Crippen molar-refractivity contribution in [1.29, 1.82) is 0 Å². The molecule has 2 aromatic carbocycles. The van der Waals surface area contributed by atoms with E-state index in [4.69, 9.17) is 9.15 Å². The summed E-state index contributed by atoms with van der Waals surface area (Å²) < 4.78 is 25.2. The van der Waals surface area contributed by atoms with Gasteiger partial charge in [-0.1, -0.05) is 12.1 Å². The first-order valence-electron chi connectivity index (χ1n) is 10.8. The number of hydrogen-bond donors (Lipinski definition) is 2. The Balaban J connectivity index is 1.53. The molecule has 2 N–H and O–H groups in total. The van der Waals surface area contributed by atoms with Crippen molar-refractivity contribution in [1.82, 2.24) is 5.43 Å². The normalized spacial score (nSPS) is 14.0. The monoisotopic (exact) mass is 449 g/mol. The summed E-state index contributed by atoms with van der Waals surface area (Å²) in [6.07, 6.45) is 2.02. The molecule has 0 atom stereocenters. The van der Waals surface area contributed by atoms with Crippen LogP contribution in [0.25, 0.3) is 0 Å². The number of amides is 2. The third kappa shape index (κ3) is 4.79. The second-order valence-corrected chi connectivity index (χ2v) is 7.60. The molecule has 0 saturated heterocycles. The Bertz CT molecular complexity index is 1210. The van der Waals surface area contributed by atoms with Gasteiger partial charge in [0.1, 0.15) is 17.3 Å². The van der Waals surface area contributed by atoms with E-state index in [9.17, 15) is 14.0 Å². The van der Waals surface area contributed by atoms with Gasteiger partial charge in [0.25, 0.3) is 11.8 Å². The highest BCUT2D eigenvalue weighted by molar-refractivity contribution is 6.09. The first kappa shape index (κ1) is 22.3. The van der Waals surface area contributed by atoms with E-state index < -0.39 is 11.7 Å². The molecular formula is C25H24FN3O4.